The second-order valence-corrected chi connectivity index (χ2v) is 9.82. The monoisotopic (exact) mass is 471 g/mol. The molecular formula is C31H37NO3. The topological polar surface area (TPSA) is 38.8 Å². The highest BCUT2D eigenvalue weighted by Crippen LogP contribution is 2.33. The van der Waals surface area contributed by atoms with Crippen molar-refractivity contribution in [2.24, 2.45) is 0 Å². The molecule has 4 nitrogen and oxygen atoms in total. The first kappa shape index (κ1) is 26.2. The highest BCUT2D eigenvalue weighted by Gasteiger charge is 2.20. The minimum absolute atomic E-state index is 0.00460. The number of Topliss-reactive ketones (excluding diaryl/α,β-unsaturated/α-hetero) is 1. The molecule has 0 saturated heterocycles. The Morgan fingerprint density at radius 2 is 1.34 bits per heavy atom. The maximum atomic E-state index is 13.9. The smallest absolute Gasteiger partial charge is 0.193 e. The maximum Gasteiger partial charge on any atom is 0.193 e. The van der Waals surface area contributed by atoms with Gasteiger partial charge in [-0.25, -0.2) is 0 Å². The Kier molecular flexibility index (Phi) is 8.89. The molecule has 184 valence electrons. The Morgan fingerprint density at radius 1 is 0.771 bits per heavy atom. The van der Waals surface area contributed by atoms with Crippen molar-refractivity contribution in [2.45, 2.75) is 39.7 Å². The molecule has 0 bridgehead atoms. The van der Waals surface area contributed by atoms with Crippen molar-refractivity contribution in [2.75, 3.05) is 27.2 Å². The van der Waals surface area contributed by atoms with E-state index in [1.165, 1.54) is 0 Å². The van der Waals surface area contributed by atoms with E-state index in [1.54, 1.807) is 0 Å². The molecule has 0 spiro atoms. The Hall–Kier alpha value is -3.37. The number of carbonyl (C=O) groups is 1. The molecule has 0 amide bonds. The lowest BCUT2D eigenvalue weighted by Crippen LogP contribution is -2.22. The van der Waals surface area contributed by atoms with E-state index in [-0.39, 0.29) is 11.4 Å². The van der Waals surface area contributed by atoms with E-state index in [9.17, 15) is 4.79 Å². The Bertz CT molecular complexity index is 1120. The van der Waals surface area contributed by atoms with Crippen molar-refractivity contribution in [3.05, 3.63) is 95.6 Å². The molecule has 0 aliphatic heterocycles. The lowest BCUT2D eigenvalue weighted by atomic mass is 9.88. The van der Waals surface area contributed by atoms with Gasteiger partial charge in [-0.05, 0) is 94.4 Å². The van der Waals surface area contributed by atoms with Crippen molar-refractivity contribution < 1.29 is 14.3 Å². The summed E-state index contributed by atoms with van der Waals surface area (Å²) in [4.78, 5) is 16.0. The molecule has 0 aliphatic rings. The summed E-state index contributed by atoms with van der Waals surface area (Å²) < 4.78 is 11.8. The summed E-state index contributed by atoms with van der Waals surface area (Å²) in [6, 6.07) is 25.4. The first-order valence-electron chi connectivity index (χ1n) is 12.2. The van der Waals surface area contributed by atoms with Crippen LogP contribution in [0.25, 0.3) is 11.1 Å². The molecule has 35 heavy (non-hydrogen) atoms. The van der Waals surface area contributed by atoms with Gasteiger partial charge in [0.2, 0.25) is 0 Å². The number of likely N-dealkylation sites (N-methyl/N-ethyl adjacent to an activating group) is 1. The van der Waals surface area contributed by atoms with Crippen LogP contribution < -0.4 is 9.47 Å². The average Bonchev–Trinajstić information content (AvgIpc) is 2.82. The molecule has 4 heteroatoms. The average molecular weight is 472 g/mol. The Morgan fingerprint density at radius 3 is 1.89 bits per heavy atom. The summed E-state index contributed by atoms with van der Waals surface area (Å²) in [6.07, 6.45) is 0.733. The normalized spacial score (nSPS) is 12.3. The van der Waals surface area contributed by atoms with Gasteiger partial charge < -0.3 is 14.4 Å². The lowest BCUT2D eigenvalue weighted by Gasteiger charge is -2.21. The Labute approximate surface area is 210 Å². The van der Waals surface area contributed by atoms with Crippen LogP contribution in [0.1, 0.15) is 55.6 Å². The number of nitrogens with zero attached hydrogens (tertiary/aromatic N) is 1. The van der Waals surface area contributed by atoms with Crippen LogP contribution in [0.5, 0.6) is 11.5 Å². The molecule has 0 N–H and O–H groups in total. The van der Waals surface area contributed by atoms with Gasteiger partial charge in [-0.2, -0.15) is 0 Å². The molecule has 0 aromatic heterocycles. The first-order chi connectivity index (χ1) is 16.7. The van der Waals surface area contributed by atoms with Gasteiger partial charge in [-0.1, -0.05) is 49.4 Å². The third kappa shape index (κ3) is 7.56. The molecule has 0 heterocycles. The SMILES string of the molecule is CC/C(=C(/C(=O)c1ccc(OCCN(C)C)cc1)c1ccc(OC(C)(C)C)cc1)c1ccccc1. The van der Waals surface area contributed by atoms with Gasteiger partial charge in [0.25, 0.3) is 0 Å². The van der Waals surface area contributed by atoms with Crippen LogP contribution in [0.2, 0.25) is 0 Å². The quantitative estimate of drug-likeness (QED) is 0.181. The van der Waals surface area contributed by atoms with E-state index < -0.39 is 0 Å². The fourth-order valence-electron chi connectivity index (χ4n) is 3.84. The molecule has 0 aliphatic carbocycles. The minimum Gasteiger partial charge on any atom is -0.492 e. The summed E-state index contributed by atoms with van der Waals surface area (Å²) in [5, 5.41) is 0. The maximum absolute atomic E-state index is 13.9. The molecule has 0 radical (unpaired) electrons. The first-order valence-corrected chi connectivity index (χ1v) is 12.2. The second-order valence-electron chi connectivity index (χ2n) is 9.82. The van der Waals surface area contributed by atoms with Crippen LogP contribution in [0, 0.1) is 0 Å². The van der Waals surface area contributed by atoms with Crippen molar-refractivity contribution in [3.63, 3.8) is 0 Å². The van der Waals surface area contributed by atoms with Crippen molar-refractivity contribution >= 4 is 16.9 Å². The van der Waals surface area contributed by atoms with Crippen LogP contribution >= 0.6 is 0 Å². The number of rotatable bonds is 10. The number of hydrogen-bond donors (Lipinski definition) is 0. The number of allylic oxidation sites excluding steroid dienone is 2. The number of ether oxygens (including phenoxy) is 2. The van der Waals surface area contributed by atoms with Gasteiger partial charge in [0.15, 0.2) is 5.78 Å². The molecule has 3 rings (SSSR count). The predicted octanol–water partition coefficient (Wildman–Crippen LogP) is 7.01. The summed E-state index contributed by atoms with van der Waals surface area (Å²) >= 11 is 0. The van der Waals surface area contributed by atoms with Gasteiger partial charge >= 0.3 is 0 Å². The number of benzene rings is 3. The fraction of sp³-hybridized carbons (Fsp3) is 0.323. The summed E-state index contributed by atoms with van der Waals surface area (Å²) in [5.74, 6) is 1.54. The van der Waals surface area contributed by atoms with Crippen LogP contribution in [-0.2, 0) is 0 Å². The van der Waals surface area contributed by atoms with Crippen molar-refractivity contribution in [1.82, 2.24) is 4.90 Å². The minimum atomic E-state index is -0.287. The third-order valence-electron chi connectivity index (χ3n) is 5.50. The van der Waals surface area contributed by atoms with Crippen LogP contribution in [-0.4, -0.2) is 43.5 Å². The van der Waals surface area contributed by atoms with Gasteiger partial charge in [0.1, 0.15) is 23.7 Å². The highest BCUT2D eigenvalue weighted by atomic mass is 16.5. The number of hydrogen-bond acceptors (Lipinski definition) is 4. The van der Waals surface area contributed by atoms with Crippen molar-refractivity contribution in [1.29, 1.82) is 0 Å². The van der Waals surface area contributed by atoms with E-state index in [0.717, 1.165) is 41.2 Å². The standard InChI is InChI=1S/C31H37NO3/c1-7-28(23-11-9-8-10-12-23)29(24-13-19-27(20-14-24)35-31(2,3)4)30(33)25-15-17-26(18-16-25)34-22-21-32(5)6/h8-20H,7,21-22H2,1-6H3/b29-28-. The molecule has 0 fully saturated rings. The van der Waals surface area contributed by atoms with Crippen molar-refractivity contribution in [3.8, 4) is 11.5 Å². The van der Waals surface area contributed by atoms with E-state index in [2.05, 4.69) is 24.0 Å². The van der Waals surface area contributed by atoms with E-state index in [1.807, 2.05) is 102 Å². The molecule has 3 aromatic rings. The van der Waals surface area contributed by atoms with E-state index >= 15 is 0 Å². The van der Waals surface area contributed by atoms with Gasteiger partial charge in [0, 0.05) is 17.7 Å². The zero-order chi connectivity index (χ0) is 25.4. The highest BCUT2D eigenvalue weighted by molar-refractivity contribution is 6.34. The van der Waals surface area contributed by atoms with Crippen LogP contribution in [0.15, 0.2) is 78.9 Å². The van der Waals surface area contributed by atoms with Gasteiger partial charge in [-0.15, -0.1) is 0 Å². The molecular weight excluding hydrogens is 434 g/mol. The van der Waals surface area contributed by atoms with Crippen LogP contribution in [0.3, 0.4) is 0 Å². The summed E-state index contributed by atoms with van der Waals surface area (Å²) in [7, 11) is 4.03. The second kappa shape index (κ2) is 11.9. The van der Waals surface area contributed by atoms with E-state index in [4.69, 9.17) is 9.47 Å². The lowest BCUT2D eigenvalue weighted by molar-refractivity contribution is 0.105. The molecule has 0 atom stereocenters. The molecule has 0 unspecified atom stereocenters. The molecule has 3 aromatic carbocycles. The zero-order valence-corrected chi connectivity index (χ0v) is 21.8. The zero-order valence-electron chi connectivity index (χ0n) is 21.8. The molecule has 0 saturated carbocycles. The van der Waals surface area contributed by atoms with Crippen LogP contribution in [0.4, 0.5) is 0 Å². The van der Waals surface area contributed by atoms with E-state index in [0.29, 0.717) is 17.7 Å². The fourth-order valence-corrected chi connectivity index (χ4v) is 3.84. The van der Waals surface area contributed by atoms with Gasteiger partial charge in [-0.3, -0.25) is 4.79 Å². The number of ketones is 1. The Balaban J connectivity index is 1.99. The van der Waals surface area contributed by atoms with Gasteiger partial charge in [0.05, 0.1) is 0 Å². The predicted molar refractivity (Wildman–Crippen MR) is 145 cm³/mol. The summed E-state index contributed by atoms with van der Waals surface area (Å²) in [6.45, 7) is 9.59. The third-order valence-corrected chi connectivity index (χ3v) is 5.50. The largest absolute Gasteiger partial charge is 0.492 e. The number of carbonyl (C=O) groups excluding carboxylic acids is 1. The summed E-state index contributed by atoms with van der Waals surface area (Å²) in [5.41, 5.74) is 4.01.